The lowest BCUT2D eigenvalue weighted by Gasteiger charge is -2.33. The topological polar surface area (TPSA) is 49.4 Å². The van der Waals surface area contributed by atoms with E-state index < -0.39 is 6.04 Å². The molecule has 1 aliphatic carbocycles. The summed E-state index contributed by atoms with van der Waals surface area (Å²) in [6, 6.07) is 22.3. The van der Waals surface area contributed by atoms with Gasteiger partial charge in [-0.2, -0.15) is 0 Å². The number of nitrogens with one attached hydrogen (secondary N) is 1. The number of amides is 2. The Bertz CT molecular complexity index is 1250. The summed E-state index contributed by atoms with van der Waals surface area (Å²) in [5.41, 5.74) is 2.88. The SMILES string of the molecule is O=C(NC1CCCCC1)[C@@H](Cc1ccccc1)N(Cc1cccc(Cl)c1)C(=O)CSCc1ccc(Cl)c(Cl)c1. The second kappa shape index (κ2) is 15.0. The minimum atomic E-state index is -0.647. The molecule has 0 saturated heterocycles. The van der Waals surface area contributed by atoms with Crippen molar-refractivity contribution in [1.82, 2.24) is 10.2 Å². The Hall–Kier alpha value is -2.18. The van der Waals surface area contributed by atoms with E-state index in [2.05, 4.69) is 5.32 Å². The quantitative estimate of drug-likeness (QED) is 0.242. The molecule has 0 aliphatic heterocycles. The van der Waals surface area contributed by atoms with Crippen molar-refractivity contribution >= 4 is 58.4 Å². The van der Waals surface area contributed by atoms with Gasteiger partial charge < -0.3 is 10.2 Å². The Kier molecular flexibility index (Phi) is 11.5. The van der Waals surface area contributed by atoms with Crippen molar-refractivity contribution in [2.45, 2.75) is 62.9 Å². The van der Waals surface area contributed by atoms with Gasteiger partial charge in [-0.25, -0.2) is 0 Å². The Morgan fingerprint density at radius 1 is 0.846 bits per heavy atom. The minimum Gasteiger partial charge on any atom is -0.352 e. The van der Waals surface area contributed by atoms with Crippen LogP contribution in [0.4, 0.5) is 0 Å². The number of hydrogen-bond donors (Lipinski definition) is 1. The predicted octanol–water partition coefficient (Wildman–Crippen LogP) is 7.97. The molecule has 1 saturated carbocycles. The molecule has 1 N–H and O–H groups in total. The number of carbonyl (C=O) groups excluding carboxylic acids is 2. The normalized spacial score (nSPS) is 14.5. The van der Waals surface area contributed by atoms with E-state index in [0.717, 1.165) is 42.4 Å². The molecule has 0 unspecified atom stereocenters. The Morgan fingerprint density at radius 3 is 2.31 bits per heavy atom. The van der Waals surface area contributed by atoms with Crippen LogP contribution in [0.1, 0.15) is 48.8 Å². The zero-order valence-corrected chi connectivity index (χ0v) is 24.8. The molecular formula is C31H33Cl3N2O2S. The average Bonchev–Trinajstić information content (AvgIpc) is 2.93. The lowest BCUT2D eigenvalue weighted by atomic mass is 9.94. The second-order valence-electron chi connectivity index (χ2n) is 9.94. The van der Waals surface area contributed by atoms with Crippen LogP contribution in [0.5, 0.6) is 0 Å². The maximum Gasteiger partial charge on any atom is 0.243 e. The van der Waals surface area contributed by atoms with Crippen molar-refractivity contribution in [1.29, 1.82) is 0 Å². The molecular weight excluding hydrogens is 571 g/mol. The first kappa shape index (κ1) is 29.8. The minimum absolute atomic E-state index is 0.0974. The largest absolute Gasteiger partial charge is 0.352 e. The van der Waals surface area contributed by atoms with Crippen LogP contribution in [0.2, 0.25) is 15.1 Å². The van der Waals surface area contributed by atoms with Crippen LogP contribution in [0.3, 0.4) is 0 Å². The predicted molar refractivity (Wildman–Crippen MR) is 164 cm³/mol. The summed E-state index contributed by atoms with van der Waals surface area (Å²) in [4.78, 5) is 29.4. The van der Waals surface area contributed by atoms with Crippen LogP contribution in [-0.2, 0) is 28.3 Å². The first-order valence-corrected chi connectivity index (χ1v) is 15.6. The van der Waals surface area contributed by atoms with E-state index in [1.54, 1.807) is 11.0 Å². The summed E-state index contributed by atoms with van der Waals surface area (Å²) < 4.78 is 0. The van der Waals surface area contributed by atoms with Crippen LogP contribution in [-0.4, -0.2) is 34.6 Å². The van der Waals surface area contributed by atoms with E-state index in [4.69, 9.17) is 34.8 Å². The van der Waals surface area contributed by atoms with Crippen molar-refractivity contribution in [3.05, 3.63) is 105 Å². The van der Waals surface area contributed by atoms with Crippen molar-refractivity contribution in [2.75, 3.05) is 5.75 Å². The molecule has 206 valence electrons. The van der Waals surface area contributed by atoms with Gasteiger partial charge in [-0.05, 0) is 53.8 Å². The standard InChI is InChI=1S/C31H33Cl3N2O2S/c32-25-11-7-10-23(16-25)19-36(30(37)21-39-20-24-14-15-27(33)28(34)17-24)29(18-22-8-3-1-4-9-22)31(38)35-26-12-5-2-6-13-26/h1,3-4,7-11,14-17,26,29H,2,5-6,12-13,18-21H2,(H,35,38)/t29-/m1/s1. The second-order valence-corrected chi connectivity index (χ2v) is 12.2. The van der Waals surface area contributed by atoms with Gasteiger partial charge in [-0.3, -0.25) is 9.59 Å². The van der Waals surface area contributed by atoms with Gasteiger partial charge in [0.1, 0.15) is 6.04 Å². The highest BCUT2D eigenvalue weighted by Crippen LogP contribution is 2.26. The lowest BCUT2D eigenvalue weighted by Crippen LogP contribution is -2.53. The lowest BCUT2D eigenvalue weighted by molar-refractivity contribution is -0.139. The van der Waals surface area contributed by atoms with Gasteiger partial charge in [0, 0.05) is 29.8 Å². The number of halogens is 3. The van der Waals surface area contributed by atoms with Crippen molar-refractivity contribution < 1.29 is 9.59 Å². The molecule has 0 heterocycles. The Balaban J connectivity index is 1.56. The Labute approximate surface area is 250 Å². The van der Waals surface area contributed by atoms with E-state index in [1.165, 1.54) is 18.2 Å². The van der Waals surface area contributed by atoms with Crippen LogP contribution in [0.15, 0.2) is 72.8 Å². The van der Waals surface area contributed by atoms with Crippen molar-refractivity contribution in [3.8, 4) is 0 Å². The molecule has 2 amide bonds. The monoisotopic (exact) mass is 602 g/mol. The van der Waals surface area contributed by atoms with Crippen LogP contribution in [0.25, 0.3) is 0 Å². The fourth-order valence-electron chi connectivity index (χ4n) is 4.90. The van der Waals surface area contributed by atoms with E-state index in [0.29, 0.717) is 33.8 Å². The zero-order chi connectivity index (χ0) is 27.6. The van der Waals surface area contributed by atoms with Crippen LogP contribution < -0.4 is 5.32 Å². The summed E-state index contributed by atoms with van der Waals surface area (Å²) in [6.07, 6.45) is 5.82. The maximum absolute atomic E-state index is 13.8. The molecule has 0 bridgehead atoms. The van der Waals surface area contributed by atoms with Crippen molar-refractivity contribution in [3.63, 3.8) is 0 Å². The molecule has 1 atom stereocenters. The maximum atomic E-state index is 13.8. The van der Waals surface area contributed by atoms with Crippen molar-refractivity contribution in [2.24, 2.45) is 0 Å². The number of hydrogen-bond acceptors (Lipinski definition) is 3. The van der Waals surface area contributed by atoms with Crippen LogP contribution in [0, 0.1) is 0 Å². The van der Waals surface area contributed by atoms with Gasteiger partial charge in [0.2, 0.25) is 11.8 Å². The summed E-state index contributed by atoms with van der Waals surface area (Å²) in [7, 11) is 0. The average molecular weight is 604 g/mol. The highest BCUT2D eigenvalue weighted by Gasteiger charge is 2.31. The van der Waals surface area contributed by atoms with Gasteiger partial charge in [-0.1, -0.05) is 103 Å². The number of rotatable bonds is 11. The number of thioether (sulfide) groups is 1. The van der Waals surface area contributed by atoms with Gasteiger partial charge in [0.25, 0.3) is 0 Å². The zero-order valence-electron chi connectivity index (χ0n) is 21.8. The highest BCUT2D eigenvalue weighted by molar-refractivity contribution is 7.99. The number of benzene rings is 3. The fraction of sp³-hybridized carbons (Fsp3) is 0.355. The van der Waals surface area contributed by atoms with Crippen LogP contribution >= 0.6 is 46.6 Å². The molecule has 39 heavy (non-hydrogen) atoms. The summed E-state index contributed by atoms with van der Waals surface area (Å²) in [6.45, 7) is 0.294. The van der Waals surface area contributed by atoms with E-state index in [1.807, 2.05) is 66.7 Å². The van der Waals surface area contributed by atoms with E-state index in [9.17, 15) is 9.59 Å². The molecule has 0 spiro atoms. The summed E-state index contributed by atoms with van der Waals surface area (Å²) >= 11 is 20.0. The molecule has 4 nitrogen and oxygen atoms in total. The summed E-state index contributed by atoms with van der Waals surface area (Å²) in [5, 5.41) is 4.86. The number of nitrogens with zero attached hydrogens (tertiary/aromatic N) is 1. The first-order chi connectivity index (χ1) is 18.9. The van der Waals surface area contributed by atoms with Gasteiger partial charge in [0.15, 0.2) is 0 Å². The molecule has 3 aromatic rings. The molecule has 1 fully saturated rings. The third-order valence-electron chi connectivity index (χ3n) is 6.94. The van der Waals surface area contributed by atoms with Gasteiger partial charge in [-0.15, -0.1) is 11.8 Å². The van der Waals surface area contributed by atoms with E-state index >= 15 is 0 Å². The molecule has 0 radical (unpaired) electrons. The summed E-state index contributed by atoms with van der Waals surface area (Å²) in [5.74, 6) is 0.629. The Morgan fingerprint density at radius 2 is 1.59 bits per heavy atom. The molecule has 0 aromatic heterocycles. The number of carbonyl (C=O) groups is 2. The third kappa shape index (κ3) is 9.18. The van der Waals surface area contributed by atoms with Gasteiger partial charge >= 0.3 is 0 Å². The van der Waals surface area contributed by atoms with E-state index in [-0.39, 0.29) is 23.6 Å². The fourth-order valence-corrected chi connectivity index (χ4v) is 6.29. The molecule has 8 heteroatoms. The van der Waals surface area contributed by atoms with Gasteiger partial charge in [0.05, 0.1) is 15.8 Å². The molecule has 3 aromatic carbocycles. The molecule has 4 rings (SSSR count). The highest BCUT2D eigenvalue weighted by atomic mass is 35.5. The molecule has 1 aliphatic rings. The third-order valence-corrected chi connectivity index (χ3v) is 8.91. The smallest absolute Gasteiger partial charge is 0.243 e. The first-order valence-electron chi connectivity index (χ1n) is 13.3.